The van der Waals surface area contributed by atoms with Crippen LogP contribution in [0.2, 0.25) is 0 Å². The number of benzene rings is 3. The van der Waals surface area contributed by atoms with E-state index in [2.05, 4.69) is 16.8 Å². The van der Waals surface area contributed by atoms with Gasteiger partial charge in [0, 0.05) is 24.6 Å². The second-order valence-electron chi connectivity index (χ2n) is 10.3. The van der Waals surface area contributed by atoms with Gasteiger partial charge < -0.3 is 15.0 Å². The first-order chi connectivity index (χ1) is 18.5. The van der Waals surface area contributed by atoms with Gasteiger partial charge in [0.2, 0.25) is 0 Å². The highest BCUT2D eigenvalue weighted by molar-refractivity contribution is 5.98. The minimum atomic E-state index is -0.932. The fraction of sp³-hybridized carbons (Fsp3) is 0.344. The van der Waals surface area contributed by atoms with Crippen LogP contribution in [0.3, 0.4) is 0 Å². The van der Waals surface area contributed by atoms with Gasteiger partial charge in [0.15, 0.2) is 0 Å². The lowest BCUT2D eigenvalue weighted by molar-refractivity contribution is 0.0697. The Hall–Kier alpha value is -3.93. The highest BCUT2D eigenvalue weighted by atomic mass is 16.4. The van der Waals surface area contributed by atoms with Gasteiger partial charge in [-0.05, 0) is 60.2 Å². The molecule has 0 unspecified atom stereocenters. The van der Waals surface area contributed by atoms with Crippen LogP contribution in [0.15, 0.2) is 66.7 Å². The molecular formula is C32H35N3O3. The first-order valence-corrected chi connectivity index (χ1v) is 13.7. The Morgan fingerprint density at radius 2 is 1.76 bits per heavy atom. The Labute approximate surface area is 223 Å². The molecule has 6 heteroatoms. The van der Waals surface area contributed by atoms with Gasteiger partial charge in [0.1, 0.15) is 5.82 Å². The fourth-order valence-corrected chi connectivity index (χ4v) is 5.43. The predicted molar refractivity (Wildman–Crippen MR) is 151 cm³/mol. The average Bonchev–Trinajstić information content (AvgIpc) is 3.29. The summed E-state index contributed by atoms with van der Waals surface area (Å²) in [7, 11) is 0. The van der Waals surface area contributed by atoms with Crippen molar-refractivity contribution < 1.29 is 14.7 Å². The van der Waals surface area contributed by atoms with Crippen LogP contribution < -0.4 is 5.32 Å². The first-order valence-electron chi connectivity index (χ1n) is 13.7. The van der Waals surface area contributed by atoms with Gasteiger partial charge in [-0.3, -0.25) is 4.79 Å². The van der Waals surface area contributed by atoms with E-state index in [0.29, 0.717) is 23.2 Å². The molecule has 6 nitrogen and oxygen atoms in total. The topological polar surface area (TPSA) is 84.2 Å². The maximum absolute atomic E-state index is 13.1. The van der Waals surface area contributed by atoms with E-state index in [1.165, 1.54) is 19.3 Å². The number of amides is 1. The van der Waals surface area contributed by atoms with Crippen LogP contribution >= 0.6 is 0 Å². The number of imidazole rings is 1. The van der Waals surface area contributed by atoms with E-state index in [0.717, 1.165) is 60.1 Å². The number of carbonyl (C=O) groups is 2. The lowest BCUT2D eigenvalue weighted by atomic mass is 9.95. The molecule has 1 heterocycles. The van der Waals surface area contributed by atoms with Crippen molar-refractivity contribution in [3.63, 3.8) is 0 Å². The van der Waals surface area contributed by atoms with Crippen LogP contribution in [0.5, 0.6) is 0 Å². The van der Waals surface area contributed by atoms with Crippen LogP contribution in [-0.2, 0) is 13.0 Å². The summed E-state index contributed by atoms with van der Waals surface area (Å²) in [4.78, 5) is 29.7. The molecule has 1 aromatic heterocycles. The first kappa shape index (κ1) is 25.7. The molecule has 0 radical (unpaired) electrons. The molecule has 3 aromatic carbocycles. The van der Waals surface area contributed by atoms with Crippen molar-refractivity contribution in [3.05, 3.63) is 89.2 Å². The molecule has 1 amide bonds. The minimum Gasteiger partial charge on any atom is -0.478 e. The number of aromatic nitrogens is 2. The molecular weight excluding hydrogens is 474 g/mol. The number of aromatic carboxylic acids is 1. The van der Waals surface area contributed by atoms with Crippen LogP contribution in [0, 0.1) is 0 Å². The molecule has 1 aliphatic rings. The highest BCUT2D eigenvalue weighted by Crippen LogP contribution is 2.26. The van der Waals surface area contributed by atoms with E-state index >= 15 is 0 Å². The van der Waals surface area contributed by atoms with Crippen LogP contribution in [0.1, 0.15) is 84.0 Å². The number of unbranched alkanes of at least 4 members (excludes halogenated alkanes) is 1. The van der Waals surface area contributed by atoms with Crippen LogP contribution in [-0.4, -0.2) is 32.6 Å². The molecule has 5 rings (SSSR count). The van der Waals surface area contributed by atoms with Crippen molar-refractivity contribution in [2.24, 2.45) is 0 Å². The molecule has 0 saturated heterocycles. The number of carboxylic acid groups (broad SMARTS) is 1. The van der Waals surface area contributed by atoms with Crippen molar-refractivity contribution in [1.82, 2.24) is 14.9 Å². The maximum Gasteiger partial charge on any atom is 0.336 e. The lowest BCUT2D eigenvalue weighted by Gasteiger charge is -2.22. The maximum atomic E-state index is 13.1. The molecule has 0 bridgehead atoms. The average molecular weight is 510 g/mol. The third-order valence-electron chi connectivity index (χ3n) is 7.55. The quantitative estimate of drug-likeness (QED) is 0.258. The van der Waals surface area contributed by atoms with Gasteiger partial charge >= 0.3 is 5.97 Å². The van der Waals surface area contributed by atoms with Crippen LogP contribution in [0.25, 0.3) is 22.2 Å². The van der Waals surface area contributed by atoms with Gasteiger partial charge in [0.05, 0.1) is 16.6 Å². The van der Waals surface area contributed by atoms with Crippen molar-refractivity contribution in [1.29, 1.82) is 0 Å². The number of nitrogens with one attached hydrogen (secondary N) is 1. The molecule has 0 spiro atoms. The number of nitrogens with zero attached hydrogens (tertiary/aromatic N) is 2. The third kappa shape index (κ3) is 5.64. The largest absolute Gasteiger partial charge is 0.478 e. The SMILES string of the molecule is CCCCc1nc2ccc(C(=O)NC3CCCCC3)cc2n1Cc1ccc(-c2ccccc2C(=O)O)cc1. The normalized spacial score (nSPS) is 14.0. The smallest absolute Gasteiger partial charge is 0.336 e. The van der Waals surface area contributed by atoms with E-state index in [1.54, 1.807) is 12.1 Å². The molecule has 2 N–H and O–H groups in total. The summed E-state index contributed by atoms with van der Waals surface area (Å²) in [6, 6.07) is 21.2. The zero-order valence-corrected chi connectivity index (χ0v) is 22.0. The van der Waals surface area contributed by atoms with E-state index in [4.69, 9.17) is 4.98 Å². The number of hydrogen-bond acceptors (Lipinski definition) is 3. The summed E-state index contributed by atoms with van der Waals surface area (Å²) in [6.07, 6.45) is 8.72. The zero-order chi connectivity index (χ0) is 26.5. The summed E-state index contributed by atoms with van der Waals surface area (Å²) in [5, 5.41) is 12.8. The van der Waals surface area contributed by atoms with Crippen molar-refractivity contribution in [3.8, 4) is 11.1 Å². The van der Waals surface area contributed by atoms with Gasteiger partial charge in [-0.25, -0.2) is 9.78 Å². The molecule has 4 aromatic rings. The summed E-state index contributed by atoms with van der Waals surface area (Å²) >= 11 is 0. The number of fused-ring (bicyclic) bond motifs is 1. The minimum absolute atomic E-state index is 0.0110. The van der Waals surface area contributed by atoms with Crippen molar-refractivity contribution in [2.45, 2.75) is 70.9 Å². The molecule has 0 atom stereocenters. The van der Waals surface area contributed by atoms with E-state index in [1.807, 2.05) is 54.6 Å². The Morgan fingerprint density at radius 3 is 2.50 bits per heavy atom. The fourth-order valence-electron chi connectivity index (χ4n) is 5.43. The molecule has 196 valence electrons. The van der Waals surface area contributed by atoms with Gasteiger partial charge in [-0.2, -0.15) is 0 Å². The van der Waals surface area contributed by atoms with E-state index in [-0.39, 0.29) is 11.9 Å². The summed E-state index contributed by atoms with van der Waals surface area (Å²) in [6.45, 7) is 2.80. The Bertz CT molecular complexity index is 1430. The number of hydrogen-bond donors (Lipinski definition) is 2. The zero-order valence-electron chi connectivity index (χ0n) is 22.0. The summed E-state index contributed by atoms with van der Waals surface area (Å²) in [5.74, 6) is 0.0774. The number of carbonyl (C=O) groups excluding carboxylic acids is 1. The number of carboxylic acids is 1. The number of rotatable bonds is 9. The molecule has 1 saturated carbocycles. The van der Waals surface area contributed by atoms with Crippen molar-refractivity contribution in [2.75, 3.05) is 0 Å². The Morgan fingerprint density at radius 1 is 1.00 bits per heavy atom. The summed E-state index contributed by atoms with van der Waals surface area (Å²) in [5.41, 5.74) is 5.50. The van der Waals surface area contributed by atoms with E-state index in [9.17, 15) is 14.7 Å². The van der Waals surface area contributed by atoms with Crippen molar-refractivity contribution >= 4 is 22.9 Å². The third-order valence-corrected chi connectivity index (χ3v) is 7.55. The highest BCUT2D eigenvalue weighted by Gasteiger charge is 2.19. The van der Waals surface area contributed by atoms with Gasteiger partial charge in [0.25, 0.3) is 5.91 Å². The standard InChI is InChI=1S/C32H35N3O3/c1-2-3-13-30-34-28-19-18-24(31(36)33-25-9-5-4-6-10-25)20-29(28)35(30)21-22-14-16-23(17-15-22)26-11-7-8-12-27(26)32(37)38/h7-8,11-12,14-20,25H,2-6,9-10,13,21H2,1H3,(H,33,36)(H,37,38). The van der Waals surface area contributed by atoms with E-state index < -0.39 is 5.97 Å². The predicted octanol–water partition coefficient (Wildman–Crippen LogP) is 6.85. The summed E-state index contributed by atoms with van der Waals surface area (Å²) < 4.78 is 2.22. The van der Waals surface area contributed by atoms with Gasteiger partial charge in [-0.15, -0.1) is 0 Å². The molecule has 38 heavy (non-hydrogen) atoms. The number of aryl methyl sites for hydroxylation is 1. The lowest BCUT2D eigenvalue weighted by Crippen LogP contribution is -2.36. The monoisotopic (exact) mass is 509 g/mol. The molecule has 1 fully saturated rings. The van der Waals surface area contributed by atoms with Gasteiger partial charge in [-0.1, -0.05) is 75.1 Å². The Kier molecular flexibility index (Phi) is 7.87. The Balaban J connectivity index is 1.44. The molecule has 0 aliphatic heterocycles. The second-order valence-corrected chi connectivity index (χ2v) is 10.3. The van der Waals surface area contributed by atoms with Crippen LogP contribution in [0.4, 0.5) is 0 Å². The molecule has 1 aliphatic carbocycles. The second kappa shape index (κ2) is 11.6.